The number of H-pyrrole nitrogens is 1. The second-order valence-electron chi connectivity index (χ2n) is 3.34. The number of aromatic nitrogens is 2. The summed E-state index contributed by atoms with van der Waals surface area (Å²) < 4.78 is 35.7. The maximum Gasteiger partial charge on any atom is 0.257 e. The number of imidazole rings is 1. The van der Waals surface area contributed by atoms with Crippen molar-refractivity contribution in [2.45, 2.75) is 11.9 Å². The van der Waals surface area contributed by atoms with Gasteiger partial charge in [-0.05, 0) is 6.92 Å². The summed E-state index contributed by atoms with van der Waals surface area (Å²) in [4.78, 5) is 6.48. The Bertz CT molecular complexity index is 429. The van der Waals surface area contributed by atoms with E-state index in [1.165, 1.54) is 6.20 Å². The third-order valence-corrected chi connectivity index (χ3v) is 3.31. The number of hydrogen-bond donors (Lipinski definition) is 2. The molecule has 0 saturated carbocycles. The van der Waals surface area contributed by atoms with Gasteiger partial charge in [0.05, 0.1) is 26.0 Å². The lowest BCUT2D eigenvalue weighted by atomic mass is 10.7. The van der Waals surface area contributed by atoms with Crippen molar-refractivity contribution >= 4 is 10.0 Å². The van der Waals surface area contributed by atoms with Crippen molar-refractivity contribution in [1.29, 1.82) is 0 Å². The molecule has 98 valence electrons. The number of sulfonamides is 1. The zero-order valence-electron chi connectivity index (χ0n) is 9.89. The minimum absolute atomic E-state index is 0.0619. The van der Waals surface area contributed by atoms with E-state index >= 15 is 0 Å². The average molecular weight is 263 g/mol. The number of nitrogens with one attached hydrogen (secondary N) is 2. The predicted molar refractivity (Wildman–Crippen MR) is 61.2 cm³/mol. The third kappa shape index (κ3) is 4.82. The van der Waals surface area contributed by atoms with Crippen molar-refractivity contribution in [3.8, 4) is 0 Å². The van der Waals surface area contributed by atoms with E-state index in [9.17, 15) is 8.42 Å². The molecule has 2 N–H and O–H groups in total. The molecule has 0 unspecified atom stereocenters. The molecule has 1 aromatic heterocycles. The molecule has 0 aliphatic rings. The molecule has 0 spiro atoms. The van der Waals surface area contributed by atoms with E-state index in [4.69, 9.17) is 9.47 Å². The normalized spacial score (nSPS) is 11.9. The molecular weight excluding hydrogens is 246 g/mol. The van der Waals surface area contributed by atoms with Crippen LogP contribution in [0, 0.1) is 6.92 Å². The Balaban J connectivity index is 2.31. The fraction of sp³-hybridized carbons (Fsp3) is 0.667. The van der Waals surface area contributed by atoms with Gasteiger partial charge < -0.3 is 14.5 Å². The van der Waals surface area contributed by atoms with Crippen molar-refractivity contribution in [3.63, 3.8) is 0 Å². The topological polar surface area (TPSA) is 93.3 Å². The van der Waals surface area contributed by atoms with Gasteiger partial charge >= 0.3 is 0 Å². The van der Waals surface area contributed by atoms with Crippen LogP contribution in [0.1, 0.15) is 5.82 Å². The first kappa shape index (κ1) is 14.1. The Morgan fingerprint density at radius 2 is 2.18 bits per heavy atom. The highest BCUT2D eigenvalue weighted by atomic mass is 32.2. The second-order valence-corrected chi connectivity index (χ2v) is 5.07. The Morgan fingerprint density at radius 3 is 2.76 bits per heavy atom. The van der Waals surface area contributed by atoms with E-state index in [1.54, 1.807) is 14.0 Å². The lowest BCUT2D eigenvalue weighted by Crippen LogP contribution is -2.28. The van der Waals surface area contributed by atoms with Crippen molar-refractivity contribution in [1.82, 2.24) is 14.7 Å². The predicted octanol–water partition coefficient (Wildman–Crippen LogP) is -0.341. The van der Waals surface area contributed by atoms with Crippen LogP contribution in [0.3, 0.4) is 0 Å². The number of rotatable bonds is 8. The van der Waals surface area contributed by atoms with Crippen LogP contribution in [-0.4, -0.2) is 51.9 Å². The fourth-order valence-corrected chi connectivity index (χ4v) is 2.09. The molecule has 0 aliphatic carbocycles. The Morgan fingerprint density at radius 1 is 1.41 bits per heavy atom. The largest absolute Gasteiger partial charge is 0.382 e. The maximum absolute atomic E-state index is 11.7. The molecule has 0 saturated heterocycles. The molecular formula is C9H17N3O4S. The van der Waals surface area contributed by atoms with Gasteiger partial charge in [-0.25, -0.2) is 18.1 Å². The number of aryl methyl sites for hydroxylation is 1. The maximum atomic E-state index is 11.7. The summed E-state index contributed by atoms with van der Waals surface area (Å²) in [6.07, 6.45) is 1.28. The van der Waals surface area contributed by atoms with E-state index in [-0.39, 0.29) is 11.6 Å². The Labute approximate surface area is 101 Å². The van der Waals surface area contributed by atoms with E-state index in [0.29, 0.717) is 25.6 Å². The van der Waals surface area contributed by atoms with Gasteiger partial charge in [-0.3, -0.25) is 0 Å². The molecule has 8 heteroatoms. The van der Waals surface area contributed by atoms with E-state index < -0.39 is 10.0 Å². The van der Waals surface area contributed by atoms with Crippen LogP contribution in [-0.2, 0) is 19.5 Å². The van der Waals surface area contributed by atoms with Crippen molar-refractivity contribution in [3.05, 3.63) is 12.0 Å². The van der Waals surface area contributed by atoms with Gasteiger partial charge in [-0.2, -0.15) is 0 Å². The zero-order chi connectivity index (χ0) is 12.7. The Hall–Kier alpha value is -0.960. The molecule has 0 aromatic carbocycles. The highest BCUT2D eigenvalue weighted by Crippen LogP contribution is 2.03. The van der Waals surface area contributed by atoms with Crippen LogP contribution in [0.2, 0.25) is 0 Å². The van der Waals surface area contributed by atoms with Gasteiger partial charge in [0.15, 0.2) is 5.03 Å². The molecule has 1 rings (SSSR count). The van der Waals surface area contributed by atoms with Crippen molar-refractivity contribution < 1.29 is 17.9 Å². The highest BCUT2D eigenvalue weighted by molar-refractivity contribution is 7.89. The number of aromatic amines is 1. The summed E-state index contributed by atoms with van der Waals surface area (Å²) in [6, 6.07) is 0. The standard InChI is InChI=1S/C9H17N3O4S/c1-8-10-7-9(12-8)17(13,14)11-3-4-16-6-5-15-2/h7,11H,3-6H2,1-2H3,(H,10,12). The van der Waals surface area contributed by atoms with Gasteiger partial charge in [0.1, 0.15) is 5.82 Å². The third-order valence-electron chi connectivity index (χ3n) is 1.94. The second kappa shape index (κ2) is 6.70. The number of methoxy groups -OCH3 is 1. The first-order valence-electron chi connectivity index (χ1n) is 5.14. The van der Waals surface area contributed by atoms with Crippen LogP contribution in [0.4, 0.5) is 0 Å². The Kier molecular flexibility index (Phi) is 5.56. The summed E-state index contributed by atoms with van der Waals surface area (Å²) in [5, 5.41) is 0.0619. The van der Waals surface area contributed by atoms with Gasteiger partial charge in [-0.1, -0.05) is 0 Å². The van der Waals surface area contributed by atoms with E-state index in [2.05, 4.69) is 14.7 Å². The SMILES string of the molecule is COCCOCCNS(=O)(=O)c1cnc(C)[nH]1. The van der Waals surface area contributed by atoms with Gasteiger partial charge in [0, 0.05) is 13.7 Å². The van der Waals surface area contributed by atoms with Gasteiger partial charge in [-0.15, -0.1) is 0 Å². The van der Waals surface area contributed by atoms with E-state index in [0.717, 1.165) is 0 Å². The monoisotopic (exact) mass is 263 g/mol. The van der Waals surface area contributed by atoms with Gasteiger partial charge in [0.25, 0.3) is 10.0 Å². The number of nitrogens with zero attached hydrogens (tertiary/aromatic N) is 1. The number of ether oxygens (including phenoxy) is 2. The van der Waals surface area contributed by atoms with Crippen molar-refractivity contribution in [2.75, 3.05) is 33.5 Å². The first-order valence-corrected chi connectivity index (χ1v) is 6.62. The minimum Gasteiger partial charge on any atom is -0.382 e. The van der Waals surface area contributed by atoms with E-state index in [1.807, 2.05) is 0 Å². The summed E-state index contributed by atoms with van der Waals surface area (Å²) >= 11 is 0. The molecule has 0 amide bonds. The molecule has 0 aliphatic heterocycles. The van der Waals surface area contributed by atoms with Crippen LogP contribution in [0.5, 0.6) is 0 Å². The van der Waals surface area contributed by atoms with Crippen molar-refractivity contribution in [2.24, 2.45) is 0 Å². The summed E-state index contributed by atoms with van der Waals surface area (Å²) in [7, 11) is -1.94. The lowest BCUT2D eigenvalue weighted by Gasteiger charge is -2.05. The molecule has 0 atom stereocenters. The van der Waals surface area contributed by atoms with Crippen LogP contribution in [0.25, 0.3) is 0 Å². The minimum atomic E-state index is -3.51. The quantitative estimate of drug-likeness (QED) is 0.626. The zero-order valence-corrected chi connectivity index (χ0v) is 10.7. The van der Waals surface area contributed by atoms with Gasteiger partial charge in [0.2, 0.25) is 0 Å². The fourth-order valence-electron chi connectivity index (χ4n) is 1.11. The summed E-state index contributed by atoms with van der Waals surface area (Å²) in [6.45, 7) is 3.14. The van der Waals surface area contributed by atoms with Crippen LogP contribution in [0.15, 0.2) is 11.2 Å². The summed E-state index contributed by atoms with van der Waals surface area (Å²) in [5.41, 5.74) is 0. The molecule has 0 bridgehead atoms. The highest BCUT2D eigenvalue weighted by Gasteiger charge is 2.15. The van der Waals surface area contributed by atoms with Crippen LogP contribution < -0.4 is 4.72 Å². The van der Waals surface area contributed by atoms with Crippen LogP contribution >= 0.6 is 0 Å². The molecule has 1 heterocycles. The molecule has 0 fully saturated rings. The molecule has 0 radical (unpaired) electrons. The smallest absolute Gasteiger partial charge is 0.257 e. The molecule has 17 heavy (non-hydrogen) atoms. The lowest BCUT2D eigenvalue weighted by molar-refractivity contribution is 0.0736. The molecule has 1 aromatic rings. The first-order chi connectivity index (χ1) is 8.06. The molecule has 7 nitrogen and oxygen atoms in total. The number of hydrogen-bond acceptors (Lipinski definition) is 5. The summed E-state index contributed by atoms with van der Waals surface area (Å²) in [5.74, 6) is 0.557. The average Bonchev–Trinajstić information content (AvgIpc) is 2.71.